The maximum Gasteiger partial charge on any atom is 0.166 e. The average molecular weight is 767 g/mol. The van der Waals surface area contributed by atoms with Crippen molar-refractivity contribution in [2.75, 3.05) is 0 Å². The van der Waals surface area contributed by atoms with E-state index in [1.54, 1.807) is 0 Å². The van der Waals surface area contributed by atoms with E-state index < -0.39 is 0 Å². The maximum atomic E-state index is 5.20. The number of benzene rings is 8. The van der Waals surface area contributed by atoms with Crippen LogP contribution >= 0.6 is 0 Å². The van der Waals surface area contributed by atoms with E-state index in [0.29, 0.717) is 34.9 Å². The highest BCUT2D eigenvalue weighted by Crippen LogP contribution is 2.42. The van der Waals surface area contributed by atoms with Crippen molar-refractivity contribution in [3.8, 4) is 68.3 Å². The molecule has 0 saturated heterocycles. The van der Waals surface area contributed by atoms with Crippen LogP contribution in [-0.4, -0.2) is 39.9 Å². The van der Waals surface area contributed by atoms with Crippen LogP contribution in [0.2, 0.25) is 0 Å². The van der Waals surface area contributed by atoms with Crippen LogP contribution in [0.1, 0.15) is 0 Å². The van der Waals surface area contributed by atoms with E-state index in [2.05, 4.69) is 72.8 Å². The molecule has 0 amide bonds. The molecule has 12 rings (SSSR count). The fourth-order valence-corrected chi connectivity index (χ4v) is 8.43. The Morgan fingerprint density at radius 3 is 1.08 bits per heavy atom. The molecule has 0 atom stereocenters. The molecule has 0 spiro atoms. The summed E-state index contributed by atoms with van der Waals surface area (Å²) < 4.78 is 0. The topological polar surface area (TPSA) is 103 Å². The number of para-hydroxylation sites is 2. The molecule has 0 aliphatic heterocycles. The molecule has 12 aromatic rings. The first-order chi connectivity index (χ1) is 29.7. The van der Waals surface area contributed by atoms with Gasteiger partial charge in [0.25, 0.3) is 0 Å². The molecular weight excluding hydrogens is 737 g/mol. The van der Waals surface area contributed by atoms with Crippen LogP contribution in [0, 0.1) is 0 Å². The first kappa shape index (κ1) is 33.7. The molecule has 8 nitrogen and oxygen atoms in total. The highest BCUT2D eigenvalue weighted by molar-refractivity contribution is 6.27. The van der Waals surface area contributed by atoms with Crippen molar-refractivity contribution in [2.24, 2.45) is 0 Å². The summed E-state index contributed by atoms with van der Waals surface area (Å²) in [6, 6.07) is 57.7. The highest BCUT2D eigenvalue weighted by atomic mass is 15.0. The van der Waals surface area contributed by atoms with Gasteiger partial charge in [-0.2, -0.15) is 0 Å². The van der Waals surface area contributed by atoms with Gasteiger partial charge in [-0.05, 0) is 68.7 Å². The SMILES string of the molecule is c1ccc(-c2nc(-c3ccc4ccc5c(-c6nc(-c7ccccc7)nc(-c7cccc8cccnc78)n6)ccc6ccc3c4c65)nc(-c3cccc4cccnc34)n2)cc1. The minimum Gasteiger partial charge on any atom is -0.255 e. The summed E-state index contributed by atoms with van der Waals surface area (Å²) in [6.45, 7) is 0. The Morgan fingerprint density at radius 1 is 0.250 bits per heavy atom. The molecule has 0 aliphatic carbocycles. The Balaban J connectivity index is 1.09. The zero-order valence-electron chi connectivity index (χ0n) is 31.9. The molecule has 4 aromatic heterocycles. The summed E-state index contributed by atoms with van der Waals surface area (Å²) in [5.74, 6) is 3.50. The lowest BCUT2D eigenvalue weighted by Gasteiger charge is -2.16. The molecule has 60 heavy (non-hydrogen) atoms. The molecule has 0 radical (unpaired) electrons. The predicted octanol–water partition coefficient (Wildman–Crippen LogP) is 12.1. The lowest BCUT2D eigenvalue weighted by Crippen LogP contribution is -2.02. The first-order valence-electron chi connectivity index (χ1n) is 19.8. The van der Waals surface area contributed by atoms with Crippen molar-refractivity contribution in [2.45, 2.75) is 0 Å². The van der Waals surface area contributed by atoms with Crippen LogP contribution in [0.25, 0.3) is 122 Å². The normalized spacial score (nSPS) is 11.7. The second-order valence-corrected chi connectivity index (χ2v) is 14.8. The van der Waals surface area contributed by atoms with Crippen LogP contribution in [-0.2, 0) is 0 Å². The van der Waals surface area contributed by atoms with Gasteiger partial charge in [-0.15, -0.1) is 0 Å². The smallest absolute Gasteiger partial charge is 0.166 e. The third-order valence-corrected chi connectivity index (χ3v) is 11.2. The van der Waals surface area contributed by atoms with Gasteiger partial charge in [0.2, 0.25) is 0 Å². The number of rotatable bonds is 6. The molecule has 0 saturated carbocycles. The number of nitrogens with zero attached hydrogens (tertiary/aromatic N) is 8. The molecule has 0 unspecified atom stereocenters. The Hall–Kier alpha value is -8.36. The maximum absolute atomic E-state index is 5.20. The second-order valence-electron chi connectivity index (χ2n) is 14.8. The summed E-state index contributed by atoms with van der Waals surface area (Å²) in [6.07, 6.45) is 3.62. The van der Waals surface area contributed by atoms with E-state index in [1.165, 1.54) is 0 Å². The van der Waals surface area contributed by atoms with E-state index in [-0.39, 0.29) is 0 Å². The Morgan fingerprint density at radius 2 is 0.633 bits per heavy atom. The van der Waals surface area contributed by atoms with E-state index in [9.17, 15) is 0 Å². The van der Waals surface area contributed by atoms with Crippen molar-refractivity contribution in [1.82, 2.24) is 39.9 Å². The second kappa shape index (κ2) is 13.6. The number of hydrogen-bond acceptors (Lipinski definition) is 8. The fourth-order valence-electron chi connectivity index (χ4n) is 8.43. The van der Waals surface area contributed by atoms with E-state index >= 15 is 0 Å². The third-order valence-electron chi connectivity index (χ3n) is 11.2. The number of pyridine rings is 2. The first-order valence-corrected chi connectivity index (χ1v) is 19.8. The van der Waals surface area contributed by atoms with E-state index in [0.717, 1.165) is 87.5 Å². The van der Waals surface area contributed by atoms with Crippen molar-refractivity contribution >= 4 is 54.1 Å². The quantitative estimate of drug-likeness (QED) is 0.154. The number of fused-ring (bicyclic) bond motifs is 2. The van der Waals surface area contributed by atoms with Crippen molar-refractivity contribution in [3.05, 3.63) is 182 Å². The van der Waals surface area contributed by atoms with Gasteiger partial charge in [0.1, 0.15) is 0 Å². The van der Waals surface area contributed by atoms with Crippen LogP contribution in [0.15, 0.2) is 182 Å². The molecule has 0 bridgehead atoms. The molecule has 0 aliphatic rings. The van der Waals surface area contributed by atoms with Crippen LogP contribution < -0.4 is 0 Å². The monoisotopic (exact) mass is 766 g/mol. The van der Waals surface area contributed by atoms with Crippen molar-refractivity contribution in [1.29, 1.82) is 0 Å². The molecule has 278 valence electrons. The molecule has 8 heteroatoms. The summed E-state index contributed by atoms with van der Waals surface area (Å²) in [4.78, 5) is 40.3. The minimum absolute atomic E-state index is 0.567. The third kappa shape index (κ3) is 5.54. The molecule has 0 fully saturated rings. The summed E-state index contributed by atoms with van der Waals surface area (Å²) in [7, 11) is 0. The van der Waals surface area contributed by atoms with E-state index in [1.807, 2.05) is 109 Å². The zero-order valence-corrected chi connectivity index (χ0v) is 31.9. The summed E-state index contributed by atoms with van der Waals surface area (Å²) in [5.41, 5.74) is 7.01. The Bertz CT molecular complexity index is 3360. The Kier molecular flexibility index (Phi) is 7.67. The molecular formula is C52H30N8. The van der Waals surface area contributed by atoms with Crippen molar-refractivity contribution in [3.63, 3.8) is 0 Å². The molecule has 4 heterocycles. The summed E-state index contributed by atoms with van der Waals surface area (Å²) >= 11 is 0. The zero-order chi connectivity index (χ0) is 39.6. The average Bonchev–Trinajstić information content (AvgIpc) is 3.33. The fraction of sp³-hybridized carbons (Fsp3) is 0. The highest BCUT2D eigenvalue weighted by Gasteiger charge is 2.21. The van der Waals surface area contributed by atoms with Gasteiger partial charge in [0.15, 0.2) is 34.9 Å². The number of hydrogen-bond donors (Lipinski definition) is 0. The molecule has 8 aromatic carbocycles. The van der Waals surface area contributed by atoms with Gasteiger partial charge in [-0.3, -0.25) is 9.97 Å². The van der Waals surface area contributed by atoms with Crippen LogP contribution in [0.4, 0.5) is 0 Å². The van der Waals surface area contributed by atoms with Crippen molar-refractivity contribution < 1.29 is 0 Å². The summed E-state index contributed by atoms with van der Waals surface area (Å²) in [5, 5.41) is 8.59. The van der Waals surface area contributed by atoms with Gasteiger partial charge in [-0.1, -0.05) is 133 Å². The van der Waals surface area contributed by atoms with Gasteiger partial charge in [0, 0.05) is 56.5 Å². The van der Waals surface area contributed by atoms with Gasteiger partial charge in [0.05, 0.1) is 11.0 Å². The van der Waals surface area contributed by atoms with Crippen LogP contribution in [0.3, 0.4) is 0 Å². The predicted molar refractivity (Wildman–Crippen MR) is 240 cm³/mol. The lowest BCUT2D eigenvalue weighted by atomic mass is 9.89. The molecule has 0 N–H and O–H groups in total. The number of aromatic nitrogens is 8. The lowest BCUT2D eigenvalue weighted by molar-refractivity contribution is 1.08. The van der Waals surface area contributed by atoms with Gasteiger partial charge < -0.3 is 0 Å². The van der Waals surface area contributed by atoms with E-state index in [4.69, 9.17) is 39.9 Å². The Labute approximate surface area is 343 Å². The standard InChI is InChI=1S/C52H30N8/c1-3-11-35(12-4-1)47-55-49(59-51(57-47)41-19-7-15-33-17-9-29-53-45(33)41)39-27-23-31-22-26-38-40(28-24-32-21-25-37(39)43(31)44(32)38)50-56-48(36-13-5-2-6-14-36)58-52(60-50)42-20-8-16-34-18-10-30-54-46(34)42/h1-30H. The van der Waals surface area contributed by atoms with Gasteiger partial charge >= 0.3 is 0 Å². The van der Waals surface area contributed by atoms with Gasteiger partial charge in [-0.25, -0.2) is 29.9 Å². The minimum atomic E-state index is 0.567. The van der Waals surface area contributed by atoms with Crippen LogP contribution in [0.5, 0.6) is 0 Å². The largest absolute Gasteiger partial charge is 0.255 e.